The van der Waals surface area contributed by atoms with Crippen molar-refractivity contribution in [3.05, 3.63) is 34.3 Å². The van der Waals surface area contributed by atoms with Crippen molar-refractivity contribution in [2.75, 3.05) is 0 Å². The van der Waals surface area contributed by atoms with Crippen molar-refractivity contribution in [1.82, 2.24) is 0 Å². The van der Waals surface area contributed by atoms with E-state index in [1.807, 2.05) is 24.3 Å². The van der Waals surface area contributed by atoms with Gasteiger partial charge in [-0.3, -0.25) is 0 Å². The van der Waals surface area contributed by atoms with Gasteiger partial charge < -0.3 is 0 Å². The summed E-state index contributed by atoms with van der Waals surface area (Å²) in [5, 5.41) is 8.57. The molecule has 1 nitrogen and oxygen atoms in total. The predicted octanol–water partition coefficient (Wildman–Crippen LogP) is 3.41. The molecule has 0 amide bonds. The van der Waals surface area contributed by atoms with E-state index in [1.165, 1.54) is 0 Å². The third kappa shape index (κ3) is 2.32. The quantitative estimate of drug-likeness (QED) is 0.720. The Bertz CT molecular complexity index is 290. The summed E-state index contributed by atoms with van der Waals surface area (Å²) in [7, 11) is 0. The van der Waals surface area contributed by atoms with Crippen molar-refractivity contribution in [2.45, 2.75) is 4.83 Å². The van der Waals surface area contributed by atoms with Crippen molar-refractivity contribution in [3.8, 4) is 6.07 Å². The molecule has 0 heterocycles. The predicted molar refractivity (Wildman–Crippen MR) is 51.4 cm³/mol. The van der Waals surface area contributed by atoms with Gasteiger partial charge in [-0.25, -0.2) is 0 Å². The van der Waals surface area contributed by atoms with E-state index in [9.17, 15) is 0 Å². The molecule has 3 heteroatoms. The average molecular weight is 275 g/mol. The third-order valence-corrected chi connectivity index (χ3v) is 2.48. The van der Waals surface area contributed by atoms with Crippen molar-refractivity contribution in [2.24, 2.45) is 0 Å². The molecule has 1 aromatic carbocycles. The molecule has 0 saturated carbocycles. The Balaban J connectivity index is 2.98. The molecular formula is C8H5Br2N. The summed E-state index contributed by atoms with van der Waals surface area (Å²) >= 11 is 6.57. The lowest BCUT2D eigenvalue weighted by Gasteiger charge is -1.99. The zero-order chi connectivity index (χ0) is 8.27. The minimum atomic E-state index is -0.208. The van der Waals surface area contributed by atoms with Crippen LogP contribution in [-0.4, -0.2) is 0 Å². The molecule has 1 rings (SSSR count). The number of hydrogen-bond donors (Lipinski definition) is 0. The number of halogens is 2. The summed E-state index contributed by atoms with van der Waals surface area (Å²) in [6, 6.07) is 9.77. The van der Waals surface area contributed by atoms with E-state index in [2.05, 4.69) is 37.9 Å². The van der Waals surface area contributed by atoms with E-state index in [4.69, 9.17) is 5.26 Å². The molecule has 11 heavy (non-hydrogen) atoms. The fraction of sp³-hybridized carbons (Fsp3) is 0.125. The number of nitrogens with zero attached hydrogens (tertiary/aromatic N) is 1. The molecule has 0 saturated heterocycles. The molecule has 0 aromatic heterocycles. The van der Waals surface area contributed by atoms with Crippen LogP contribution in [0.3, 0.4) is 0 Å². The summed E-state index contributed by atoms with van der Waals surface area (Å²) in [5.41, 5.74) is 0.974. The van der Waals surface area contributed by atoms with Crippen LogP contribution in [0.2, 0.25) is 0 Å². The topological polar surface area (TPSA) is 23.8 Å². The van der Waals surface area contributed by atoms with Gasteiger partial charge in [0.2, 0.25) is 0 Å². The van der Waals surface area contributed by atoms with Crippen LogP contribution in [0.1, 0.15) is 10.4 Å². The number of rotatable bonds is 1. The maximum atomic E-state index is 8.57. The zero-order valence-electron chi connectivity index (χ0n) is 5.59. The largest absolute Gasteiger partial charge is 0.197 e. The molecule has 1 aromatic rings. The van der Waals surface area contributed by atoms with Gasteiger partial charge in [-0.05, 0) is 17.7 Å². The van der Waals surface area contributed by atoms with Crippen LogP contribution < -0.4 is 0 Å². The summed E-state index contributed by atoms with van der Waals surface area (Å²) in [6.45, 7) is 0. The molecule has 0 aliphatic rings. The van der Waals surface area contributed by atoms with Crippen LogP contribution in [0, 0.1) is 11.3 Å². The van der Waals surface area contributed by atoms with Gasteiger partial charge in [-0.1, -0.05) is 44.0 Å². The Morgan fingerprint density at radius 2 is 2.18 bits per heavy atom. The van der Waals surface area contributed by atoms with E-state index >= 15 is 0 Å². The van der Waals surface area contributed by atoms with Crippen LogP contribution in [0.15, 0.2) is 28.7 Å². The molecule has 0 spiro atoms. The van der Waals surface area contributed by atoms with Crippen LogP contribution in [-0.2, 0) is 0 Å². The van der Waals surface area contributed by atoms with E-state index in [0.29, 0.717) is 0 Å². The molecule has 1 unspecified atom stereocenters. The monoisotopic (exact) mass is 273 g/mol. The molecular weight excluding hydrogens is 270 g/mol. The molecule has 0 radical (unpaired) electrons. The van der Waals surface area contributed by atoms with Crippen molar-refractivity contribution in [1.29, 1.82) is 5.26 Å². The molecule has 0 aliphatic carbocycles. The second-order valence-electron chi connectivity index (χ2n) is 2.05. The molecule has 0 fully saturated rings. The Hall–Kier alpha value is -0.330. The summed E-state index contributed by atoms with van der Waals surface area (Å²) in [4.78, 5) is -0.208. The first kappa shape index (κ1) is 8.76. The van der Waals surface area contributed by atoms with Gasteiger partial charge in [0.15, 0.2) is 0 Å². The van der Waals surface area contributed by atoms with Crippen LogP contribution in [0.5, 0.6) is 0 Å². The Labute approximate surface area is 82.3 Å². The first-order chi connectivity index (χ1) is 5.24. The van der Waals surface area contributed by atoms with Gasteiger partial charge >= 0.3 is 0 Å². The third-order valence-electron chi connectivity index (χ3n) is 1.25. The van der Waals surface area contributed by atoms with Gasteiger partial charge in [0.1, 0.15) is 4.83 Å². The number of alkyl halides is 1. The lowest BCUT2D eigenvalue weighted by molar-refractivity contribution is 1.24. The Kier molecular flexibility index (Phi) is 3.10. The molecule has 0 aliphatic heterocycles. The van der Waals surface area contributed by atoms with Crippen LogP contribution in [0.25, 0.3) is 0 Å². The minimum Gasteiger partial charge on any atom is -0.197 e. The lowest BCUT2D eigenvalue weighted by atomic mass is 10.2. The van der Waals surface area contributed by atoms with E-state index in [-0.39, 0.29) is 4.83 Å². The van der Waals surface area contributed by atoms with Gasteiger partial charge in [-0.15, -0.1) is 0 Å². The molecule has 0 bridgehead atoms. The second-order valence-corrected chi connectivity index (χ2v) is 3.88. The highest BCUT2D eigenvalue weighted by molar-refractivity contribution is 9.10. The van der Waals surface area contributed by atoms with Gasteiger partial charge in [0.25, 0.3) is 0 Å². The Morgan fingerprint density at radius 3 is 2.73 bits per heavy atom. The highest BCUT2D eigenvalue weighted by atomic mass is 79.9. The average Bonchev–Trinajstić information content (AvgIpc) is 2.03. The second kappa shape index (κ2) is 3.89. The van der Waals surface area contributed by atoms with Crippen LogP contribution in [0.4, 0.5) is 0 Å². The Morgan fingerprint density at radius 1 is 1.45 bits per heavy atom. The lowest BCUT2D eigenvalue weighted by Crippen LogP contribution is -1.83. The fourth-order valence-electron chi connectivity index (χ4n) is 0.739. The van der Waals surface area contributed by atoms with Crippen LogP contribution >= 0.6 is 31.9 Å². The van der Waals surface area contributed by atoms with Gasteiger partial charge in [0, 0.05) is 4.47 Å². The highest BCUT2D eigenvalue weighted by Gasteiger charge is 2.04. The number of nitriles is 1. The van der Waals surface area contributed by atoms with Crippen molar-refractivity contribution in [3.63, 3.8) is 0 Å². The normalized spacial score (nSPS) is 12.1. The highest BCUT2D eigenvalue weighted by Crippen LogP contribution is 2.23. The zero-order valence-corrected chi connectivity index (χ0v) is 8.76. The molecule has 56 valence electrons. The summed E-state index contributed by atoms with van der Waals surface area (Å²) in [5.74, 6) is 0. The van der Waals surface area contributed by atoms with Crippen molar-refractivity contribution >= 4 is 31.9 Å². The van der Waals surface area contributed by atoms with Crippen molar-refractivity contribution < 1.29 is 0 Å². The first-order valence-electron chi connectivity index (χ1n) is 3.03. The standard InChI is InChI=1S/C8H5Br2N/c9-7-3-1-2-6(4-7)8(10)5-11/h1-4,8H. The first-order valence-corrected chi connectivity index (χ1v) is 4.74. The number of hydrogen-bond acceptors (Lipinski definition) is 1. The summed E-state index contributed by atoms with van der Waals surface area (Å²) in [6.07, 6.45) is 0. The molecule has 1 atom stereocenters. The summed E-state index contributed by atoms with van der Waals surface area (Å²) < 4.78 is 0.995. The maximum absolute atomic E-state index is 8.57. The molecule has 0 N–H and O–H groups in total. The van der Waals surface area contributed by atoms with E-state index < -0.39 is 0 Å². The smallest absolute Gasteiger partial charge is 0.126 e. The van der Waals surface area contributed by atoms with E-state index in [1.54, 1.807) is 0 Å². The SMILES string of the molecule is N#CC(Br)c1cccc(Br)c1. The number of benzene rings is 1. The maximum Gasteiger partial charge on any atom is 0.126 e. The van der Waals surface area contributed by atoms with Gasteiger partial charge in [-0.2, -0.15) is 5.26 Å². The minimum absolute atomic E-state index is 0.208. The van der Waals surface area contributed by atoms with Gasteiger partial charge in [0.05, 0.1) is 6.07 Å². The van der Waals surface area contributed by atoms with E-state index in [0.717, 1.165) is 10.0 Å². The fourth-order valence-corrected chi connectivity index (χ4v) is 1.44.